The Morgan fingerprint density at radius 2 is 1.71 bits per heavy atom. The van der Waals surface area contributed by atoms with E-state index in [1.807, 2.05) is 0 Å². The van der Waals surface area contributed by atoms with Crippen LogP contribution in [-0.4, -0.2) is 32.4 Å². The van der Waals surface area contributed by atoms with Gasteiger partial charge in [-0.3, -0.25) is 4.79 Å². The summed E-state index contributed by atoms with van der Waals surface area (Å²) in [5, 5.41) is 8.05. The molecule has 28 heavy (non-hydrogen) atoms. The smallest absolute Gasteiger partial charge is 0.341 e. The topological polar surface area (TPSA) is 116 Å². The van der Waals surface area contributed by atoms with Gasteiger partial charge in [-0.25, -0.2) is 22.7 Å². The Labute approximate surface area is 162 Å². The molecule has 4 aliphatic carbocycles. The summed E-state index contributed by atoms with van der Waals surface area (Å²) in [4.78, 5) is 24.1. The van der Waals surface area contributed by atoms with Gasteiger partial charge in [0.25, 0.3) is 5.91 Å². The Kier molecular flexibility index (Phi) is 4.70. The Hall–Kier alpha value is -2.00. The second-order valence-electron chi connectivity index (χ2n) is 8.51. The number of hydrogen-bond donors (Lipinski definition) is 2. The molecule has 0 aromatic heterocycles. The quantitative estimate of drug-likeness (QED) is 0.717. The zero-order valence-electron chi connectivity index (χ0n) is 15.3. The van der Waals surface area contributed by atoms with E-state index in [4.69, 9.17) is 9.88 Å². The summed E-state index contributed by atoms with van der Waals surface area (Å²) in [7, 11) is -4.09. The number of sulfonamides is 1. The van der Waals surface area contributed by atoms with E-state index in [1.54, 1.807) is 0 Å². The minimum atomic E-state index is -4.09. The molecule has 7 nitrogen and oxygen atoms in total. The summed E-state index contributed by atoms with van der Waals surface area (Å²) < 4.78 is 41.6. The molecule has 0 radical (unpaired) electrons. The third kappa shape index (κ3) is 3.77. The highest BCUT2D eigenvalue weighted by Crippen LogP contribution is 2.55. The predicted molar refractivity (Wildman–Crippen MR) is 97.1 cm³/mol. The summed E-state index contributed by atoms with van der Waals surface area (Å²) in [6, 6.07) is 2.59. The number of primary sulfonamides is 1. The van der Waals surface area contributed by atoms with Crippen LogP contribution in [0.3, 0.4) is 0 Å². The van der Waals surface area contributed by atoms with E-state index in [1.165, 1.54) is 19.3 Å². The molecular weight excluding hydrogens is 387 g/mol. The summed E-state index contributed by atoms with van der Waals surface area (Å²) in [5.74, 6) is -0.502. The Bertz CT molecular complexity index is 895. The molecule has 1 amide bonds. The second-order valence-corrected chi connectivity index (χ2v) is 10.1. The van der Waals surface area contributed by atoms with Crippen molar-refractivity contribution in [3.05, 3.63) is 29.6 Å². The number of carbonyl (C=O) groups is 2. The molecule has 4 saturated carbocycles. The van der Waals surface area contributed by atoms with E-state index < -0.39 is 44.8 Å². The van der Waals surface area contributed by atoms with Gasteiger partial charge in [0.15, 0.2) is 6.61 Å². The van der Waals surface area contributed by atoms with Crippen LogP contribution < -0.4 is 10.5 Å². The minimum Gasteiger partial charge on any atom is -0.452 e. The lowest BCUT2D eigenvalue weighted by Crippen LogP contribution is -2.60. The minimum absolute atomic E-state index is 0.211. The van der Waals surface area contributed by atoms with Crippen LogP contribution in [0.2, 0.25) is 0 Å². The first kappa shape index (κ1) is 19.3. The molecule has 0 spiro atoms. The van der Waals surface area contributed by atoms with Crippen molar-refractivity contribution >= 4 is 21.9 Å². The molecule has 5 rings (SSSR count). The van der Waals surface area contributed by atoms with Gasteiger partial charge in [0.1, 0.15) is 5.82 Å². The van der Waals surface area contributed by atoms with Crippen molar-refractivity contribution in [1.29, 1.82) is 0 Å². The number of ether oxygens (including phenoxy) is 1. The van der Waals surface area contributed by atoms with Crippen LogP contribution in [0.15, 0.2) is 23.1 Å². The number of benzene rings is 1. The number of amides is 1. The van der Waals surface area contributed by atoms with Crippen LogP contribution in [0.5, 0.6) is 0 Å². The summed E-state index contributed by atoms with van der Waals surface area (Å²) >= 11 is 0. The molecule has 0 aliphatic heterocycles. The van der Waals surface area contributed by atoms with Gasteiger partial charge in [-0.05, 0) is 74.5 Å². The van der Waals surface area contributed by atoms with E-state index in [9.17, 15) is 22.4 Å². The van der Waals surface area contributed by atoms with Gasteiger partial charge in [-0.15, -0.1) is 0 Å². The van der Waals surface area contributed by atoms with E-state index in [0.717, 1.165) is 37.5 Å². The fourth-order valence-electron chi connectivity index (χ4n) is 5.64. The molecule has 0 atom stereocenters. The SMILES string of the molecule is NS(=O)(=O)c1ccc(F)c(C(=O)OCC(=O)NC23CC4CC(CC(C4)C2)C3)c1. The van der Waals surface area contributed by atoms with Crippen LogP contribution in [0.4, 0.5) is 4.39 Å². The highest BCUT2D eigenvalue weighted by Gasteiger charge is 2.51. The molecule has 152 valence electrons. The average molecular weight is 410 g/mol. The number of nitrogens with one attached hydrogen (secondary N) is 1. The molecule has 4 fully saturated rings. The zero-order chi connectivity index (χ0) is 20.1. The highest BCUT2D eigenvalue weighted by molar-refractivity contribution is 7.89. The van der Waals surface area contributed by atoms with Crippen molar-refractivity contribution in [3.8, 4) is 0 Å². The molecule has 1 aromatic carbocycles. The molecular formula is C19H23FN2O5S. The highest BCUT2D eigenvalue weighted by atomic mass is 32.2. The molecule has 0 heterocycles. The van der Waals surface area contributed by atoms with Gasteiger partial charge in [-0.2, -0.15) is 0 Å². The van der Waals surface area contributed by atoms with Crippen LogP contribution >= 0.6 is 0 Å². The molecule has 0 unspecified atom stereocenters. The van der Waals surface area contributed by atoms with Gasteiger partial charge in [-0.1, -0.05) is 0 Å². The number of rotatable bonds is 5. The van der Waals surface area contributed by atoms with E-state index in [0.29, 0.717) is 17.8 Å². The van der Waals surface area contributed by atoms with E-state index >= 15 is 0 Å². The van der Waals surface area contributed by atoms with E-state index in [2.05, 4.69) is 5.32 Å². The summed E-state index contributed by atoms with van der Waals surface area (Å²) in [6.07, 6.45) is 6.61. The normalized spacial score (nSPS) is 30.9. The third-order valence-corrected chi connectivity index (χ3v) is 7.17. The lowest BCUT2D eigenvalue weighted by Gasteiger charge is -2.56. The molecule has 3 N–H and O–H groups in total. The number of esters is 1. The molecule has 4 bridgehead atoms. The van der Waals surface area contributed by atoms with Gasteiger partial charge < -0.3 is 10.1 Å². The van der Waals surface area contributed by atoms with Crippen molar-refractivity contribution in [2.75, 3.05) is 6.61 Å². The number of halogens is 1. The Morgan fingerprint density at radius 1 is 1.14 bits per heavy atom. The maximum atomic E-state index is 13.9. The van der Waals surface area contributed by atoms with Crippen molar-refractivity contribution in [2.24, 2.45) is 22.9 Å². The lowest BCUT2D eigenvalue weighted by atomic mass is 9.53. The predicted octanol–water partition coefficient (Wildman–Crippen LogP) is 1.71. The van der Waals surface area contributed by atoms with Gasteiger partial charge in [0.05, 0.1) is 10.5 Å². The Morgan fingerprint density at radius 3 is 2.25 bits per heavy atom. The number of hydrogen-bond acceptors (Lipinski definition) is 5. The largest absolute Gasteiger partial charge is 0.452 e. The van der Waals surface area contributed by atoms with Gasteiger partial charge in [0.2, 0.25) is 10.0 Å². The Balaban J connectivity index is 1.38. The monoisotopic (exact) mass is 410 g/mol. The summed E-state index contributed by atoms with van der Waals surface area (Å²) in [6.45, 7) is -0.542. The third-order valence-electron chi connectivity index (χ3n) is 6.26. The first-order valence-corrected chi connectivity index (χ1v) is 11.0. The van der Waals surface area contributed by atoms with Crippen molar-refractivity contribution < 1.29 is 27.1 Å². The van der Waals surface area contributed by atoms with E-state index in [-0.39, 0.29) is 5.54 Å². The zero-order valence-corrected chi connectivity index (χ0v) is 16.1. The first-order chi connectivity index (χ1) is 13.1. The molecule has 0 saturated heterocycles. The fraction of sp³-hybridized carbons (Fsp3) is 0.579. The number of carbonyl (C=O) groups excluding carboxylic acids is 2. The van der Waals surface area contributed by atoms with Crippen molar-refractivity contribution in [2.45, 2.75) is 49.0 Å². The number of nitrogens with two attached hydrogens (primary N) is 1. The molecule has 4 aliphatic rings. The fourth-order valence-corrected chi connectivity index (χ4v) is 6.18. The molecule has 9 heteroatoms. The van der Waals surface area contributed by atoms with Crippen molar-refractivity contribution in [3.63, 3.8) is 0 Å². The maximum absolute atomic E-state index is 13.9. The van der Waals surface area contributed by atoms with Crippen LogP contribution in [-0.2, 0) is 19.6 Å². The lowest BCUT2D eigenvalue weighted by molar-refractivity contribution is -0.130. The van der Waals surface area contributed by atoms with Crippen LogP contribution in [0.1, 0.15) is 48.9 Å². The van der Waals surface area contributed by atoms with Gasteiger partial charge >= 0.3 is 5.97 Å². The standard InChI is InChI=1S/C19H23FN2O5S/c20-16-2-1-14(28(21,25)26)6-15(16)18(24)27-10-17(23)22-19-7-11-3-12(8-19)5-13(4-11)9-19/h1-2,6,11-13H,3-5,7-10H2,(H,22,23)(H2,21,25,26). The average Bonchev–Trinajstić information content (AvgIpc) is 2.57. The van der Waals surface area contributed by atoms with Crippen LogP contribution in [0, 0.1) is 23.6 Å². The van der Waals surface area contributed by atoms with Crippen molar-refractivity contribution in [1.82, 2.24) is 5.32 Å². The second kappa shape index (κ2) is 6.81. The van der Waals surface area contributed by atoms with Crippen LogP contribution in [0.25, 0.3) is 0 Å². The summed E-state index contributed by atoms with van der Waals surface area (Å²) in [5.41, 5.74) is -0.786. The molecule has 1 aromatic rings. The van der Waals surface area contributed by atoms with Gasteiger partial charge in [0, 0.05) is 5.54 Å². The maximum Gasteiger partial charge on any atom is 0.341 e. The first-order valence-electron chi connectivity index (χ1n) is 9.44.